The Morgan fingerprint density at radius 3 is 2.65 bits per heavy atom. The molecule has 0 saturated heterocycles. The van der Waals surface area contributed by atoms with Crippen molar-refractivity contribution in [2.75, 3.05) is 13.8 Å². The lowest BCUT2D eigenvalue weighted by atomic mass is 9.44. The van der Waals surface area contributed by atoms with Crippen molar-refractivity contribution in [3.63, 3.8) is 0 Å². The molecule has 6 rings (SSSR count). The van der Waals surface area contributed by atoms with E-state index >= 15 is 0 Å². The van der Waals surface area contributed by atoms with Crippen molar-refractivity contribution < 1.29 is 14.6 Å². The summed E-state index contributed by atoms with van der Waals surface area (Å²) in [4.78, 5) is 2.58. The lowest BCUT2D eigenvalue weighted by Gasteiger charge is -2.61. The SMILES string of the molecule is COc1ccc2c(c1)CN([C@H](C)[C@H]1CC[C@@H]3[C@H]4CC[C@H]5C[C@H](O)CC[C@]5(C)[C@@H]4CC[C@]31C)CO2. The second-order valence-corrected chi connectivity index (χ2v) is 13.0. The highest BCUT2D eigenvalue weighted by Crippen LogP contribution is 2.68. The molecule has 4 nitrogen and oxygen atoms in total. The summed E-state index contributed by atoms with van der Waals surface area (Å²) in [6, 6.07) is 6.74. The number of benzene rings is 1. The number of nitrogens with zero attached hydrogens (tertiary/aromatic N) is 1. The Kier molecular flexibility index (Phi) is 5.72. The molecular weight excluding hydrogens is 422 g/mol. The number of hydrogen-bond donors (Lipinski definition) is 1. The molecule has 4 aliphatic carbocycles. The number of ether oxygens (including phenoxy) is 2. The van der Waals surface area contributed by atoms with Gasteiger partial charge < -0.3 is 14.6 Å². The summed E-state index contributed by atoms with van der Waals surface area (Å²) in [5.74, 6) is 6.08. The molecule has 188 valence electrons. The van der Waals surface area contributed by atoms with Gasteiger partial charge in [-0.25, -0.2) is 0 Å². The third-order valence-electron chi connectivity index (χ3n) is 11.9. The van der Waals surface area contributed by atoms with Crippen LogP contribution in [0.4, 0.5) is 0 Å². The quantitative estimate of drug-likeness (QED) is 0.570. The first-order valence-electron chi connectivity index (χ1n) is 14.1. The van der Waals surface area contributed by atoms with Gasteiger partial charge in [-0.05, 0) is 123 Å². The molecule has 0 unspecified atom stereocenters. The summed E-state index contributed by atoms with van der Waals surface area (Å²) in [6.45, 7) is 9.39. The number of fused-ring (bicyclic) bond motifs is 6. The number of hydrogen-bond acceptors (Lipinski definition) is 4. The first-order valence-corrected chi connectivity index (χ1v) is 14.1. The van der Waals surface area contributed by atoms with E-state index in [0.29, 0.717) is 23.6 Å². The van der Waals surface area contributed by atoms with Crippen LogP contribution in [0.5, 0.6) is 11.5 Å². The molecule has 0 radical (unpaired) electrons. The molecule has 4 saturated carbocycles. The first kappa shape index (κ1) is 23.2. The second kappa shape index (κ2) is 8.40. The molecule has 1 N–H and O–H groups in total. The van der Waals surface area contributed by atoms with E-state index in [1.54, 1.807) is 7.11 Å². The van der Waals surface area contributed by atoms with Gasteiger partial charge in [0.25, 0.3) is 0 Å². The standard InChI is InChI=1S/C30H45NO3/c1-19(31-17-20-15-23(33-4)6-10-28(20)34-18-31)25-8-9-26-24-7-5-21-16-22(32)11-13-29(21,2)27(24)12-14-30(25,26)3/h6,10,15,19,21-22,24-27,32H,5,7-9,11-14,16-18H2,1-4H3/t19-,21+,22-,24-,25-,26-,27-,29+,30+/m1/s1. The fourth-order valence-electron chi connectivity index (χ4n) is 9.95. The van der Waals surface area contributed by atoms with Crippen molar-refractivity contribution in [1.29, 1.82) is 0 Å². The van der Waals surface area contributed by atoms with Crippen molar-refractivity contribution in [1.82, 2.24) is 4.90 Å². The van der Waals surface area contributed by atoms with E-state index in [-0.39, 0.29) is 6.10 Å². The number of aliphatic hydroxyl groups excluding tert-OH is 1. The first-order chi connectivity index (χ1) is 16.3. The van der Waals surface area contributed by atoms with Gasteiger partial charge in [-0.1, -0.05) is 13.8 Å². The number of methoxy groups -OCH3 is 1. The zero-order chi connectivity index (χ0) is 23.7. The lowest BCUT2D eigenvalue weighted by molar-refractivity contribution is -0.131. The van der Waals surface area contributed by atoms with Crippen molar-refractivity contribution in [3.8, 4) is 11.5 Å². The Morgan fingerprint density at radius 1 is 1.03 bits per heavy atom. The molecule has 0 amide bonds. The Balaban J connectivity index is 1.20. The molecule has 0 spiro atoms. The summed E-state index contributed by atoms with van der Waals surface area (Å²) >= 11 is 0. The van der Waals surface area contributed by atoms with Gasteiger partial charge in [0.1, 0.15) is 18.2 Å². The molecule has 34 heavy (non-hydrogen) atoms. The highest BCUT2D eigenvalue weighted by molar-refractivity contribution is 5.41. The molecule has 4 fully saturated rings. The molecule has 5 aliphatic rings. The van der Waals surface area contributed by atoms with Gasteiger partial charge in [-0.3, -0.25) is 4.90 Å². The summed E-state index contributed by atoms with van der Waals surface area (Å²) in [6.07, 6.45) is 11.6. The maximum Gasteiger partial charge on any atom is 0.142 e. The van der Waals surface area contributed by atoms with Crippen molar-refractivity contribution in [2.45, 2.75) is 97.2 Å². The largest absolute Gasteiger partial charge is 0.497 e. The summed E-state index contributed by atoms with van der Waals surface area (Å²) in [7, 11) is 1.74. The van der Waals surface area contributed by atoms with Crippen LogP contribution in [-0.2, 0) is 6.54 Å². The zero-order valence-electron chi connectivity index (χ0n) is 21.8. The smallest absolute Gasteiger partial charge is 0.142 e. The van der Waals surface area contributed by atoms with Crippen molar-refractivity contribution in [2.24, 2.45) is 40.4 Å². The molecule has 4 heteroatoms. The normalized spacial score (nSPS) is 44.7. The van der Waals surface area contributed by atoms with E-state index in [2.05, 4.69) is 37.8 Å². The topological polar surface area (TPSA) is 41.9 Å². The average molecular weight is 468 g/mol. The van der Waals surface area contributed by atoms with Gasteiger partial charge in [0.15, 0.2) is 0 Å². The van der Waals surface area contributed by atoms with Crippen molar-refractivity contribution in [3.05, 3.63) is 23.8 Å². The Labute approximate surface area is 206 Å². The minimum absolute atomic E-state index is 0.0444. The van der Waals surface area contributed by atoms with Crippen LogP contribution in [0.25, 0.3) is 0 Å². The maximum absolute atomic E-state index is 10.3. The average Bonchev–Trinajstić information content (AvgIpc) is 3.20. The molecule has 0 aromatic heterocycles. The predicted molar refractivity (Wildman–Crippen MR) is 135 cm³/mol. The van der Waals surface area contributed by atoms with E-state index in [9.17, 15) is 5.11 Å². The van der Waals surface area contributed by atoms with Crippen LogP contribution in [0, 0.1) is 40.4 Å². The summed E-state index contributed by atoms with van der Waals surface area (Å²) < 4.78 is 11.7. The molecule has 1 aliphatic heterocycles. The van der Waals surface area contributed by atoms with Gasteiger partial charge in [0.2, 0.25) is 0 Å². The van der Waals surface area contributed by atoms with Crippen LogP contribution in [-0.4, -0.2) is 36.0 Å². The molecule has 1 aromatic carbocycles. The zero-order valence-corrected chi connectivity index (χ0v) is 21.8. The van der Waals surface area contributed by atoms with Gasteiger partial charge in [0, 0.05) is 18.2 Å². The highest BCUT2D eigenvalue weighted by atomic mass is 16.5. The molecule has 9 atom stereocenters. The van der Waals surface area contributed by atoms with E-state index in [1.165, 1.54) is 50.5 Å². The van der Waals surface area contributed by atoms with Gasteiger partial charge in [-0.2, -0.15) is 0 Å². The fourth-order valence-corrected chi connectivity index (χ4v) is 9.95. The minimum atomic E-state index is -0.0444. The molecule has 1 aromatic rings. The van der Waals surface area contributed by atoms with E-state index < -0.39 is 0 Å². The van der Waals surface area contributed by atoms with Crippen LogP contribution in [0.3, 0.4) is 0 Å². The number of rotatable bonds is 3. The van der Waals surface area contributed by atoms with Crippen molar-refractivity contribution >= 4 is 0 Å². The summed E-state index contributed by atoms with van der Waals surface area (Å²) in [5, 5.41) is 10.3. The molecule has 1 heterocycles. The Bertz CT molecular complexity index is 918. The Morgan fingerprint density at radius 2 is 1.82 bits per heavy atom. The lowest BCUT2D eigenvalue weighted by Crippen LogP contribution is -2.55. The van der Waals surface area contributed by atoms with Crippen LogP contribution < -0.4 is 9.47 Å². The van der Waals surface area contributed by atoms with Gasteiger partial charge >= 0.3 is 0 Å². The monoisotopic (exact) mass is 467 g/mol. The maximum atomic E-state index is 10.3. The minimum Gasteiger partial charge on any atom is -0.497 e. The predicted octanol–water partition coefficient (Wildman–Crippen LogP) is 6.26. The second-order valence-electron chi connectivity index (χ2n) is 13.0. The molecule has 0 bridgehead atoms. The molecular formula is C30H45NO3. The van der Waals surface area contributed by atoms with Crippen LogP contribution in [0.15, 0.2) is 18.2 Å². The highest BCUT2D eigenvalue weighted by Gasteiger charge is 2.61. The van der Waals surface area contributed by atoms with E-state index in [1.807, 2.05) is 6.07 Å². The summed E-state index contributed by atoms with van der Waals surface area (Å²) in [5.41, 5.74) is 2.18. The third kappa shape index (κ3) is 3.45. The third-order valence-corrected chi connectivity index (χ3v) is 11.9. The van der Waals surface area contributed by atoms with E-state index in [0.717, 1.165) is 60.5 Å². The van der Waals surface area contributed by atoms with Crippen LogP contribution >= 0.6 is 0 Å². The fraction of sp³-hybridized carbons (Fsp3) is 0.800. The Hall–Kier alpha value is -1.26. The van der Waals surface area contributed by atoms with Crippen LogP contribution in [0.1, 0.15) is 84.1 Å². The van der Waals surface area contributed by atoms with Gasteiger partial charge in [0.05, 0.1) is 13.2 Å². The van der Waals surface area contributed by atoms with Crippen LogP contribution in [0.2, 0.25) is 0 Å². The van der Waals surface area contributed by atoms with Gasteiger partial charge in [-0.15, -0.1) is 0 Å². The number of aliphatic hydroxyl groups is 1. The van der Waals surface area contributed by atoms with E-state index in [4.69, 9.17) is 9.47 Å².